The fourth-order valence-corrected chi connectivity index (χ4v) is 2.95. The molecule has 1 spiro atoms. The Balaban J connectivity index is 1.84. The zero-order chi connectivity index (χ0) is 12.3. The molecule has 1 saturated carbocycles. The van der Waals surface area contributed by atoms with Crippen molar-refractivity contribution in [1.82, 2.24) is 10.6 Å². The van der Waals surface area contributed by atoms with E-state index in [0.29, 0.717) is 5.41 Å². The molecule has 2 unspecified atom stereocenters. The minimum absolute atomic E-state index is 0.0770. The molecule has 1 amide bonds. The van der Waals surface area contributed by atoms with Gasteiger partial charge in [-0.05, 0) is 44.2 Å². The van der Waals surface area contributed by atoms with Gasteiger partial charge in [-0.3, -0.25) is 4.79 Å². The molecule has 94 valence electrons. The van der Waals surface area contributed by atoms with E-state index in [9.17, 15) is 4.79 Å². The average molecular weight is 234 g/mol. The van der Waals surface area contributed by atoms with Crippen molar-refractivity contribution in [3.05, 3.63) is 0 Å². The Labute approximate surface area is 104 Å². The number of hydrogen-bond donors (Lipinski definition) is 2. The summed E-state index contributed by atoms with van der Waals surface area (Å²) >= 11 is 0. The summed E-state index contributed by atoms with van der Waals surface area (Å²) < 4.78 is 0. The second-order valence-corrected chi connectivity index (χ2v) is 5.39. The third-order valence-electron chi connectivity index (χ3n) is 4.20. The zero-order valence-corrected chi connectivity index (χ0v) is 10.6. The van der Waals surface area contributed by atoms with Gasteiger partial charge in [0, 0.05) is 5.92 Å². The lowest BCUT2D eigenvalue weighted by atomic mass is 9.91. The summed E-state index contributed by atoms with van der Waals surface area (Å²) in [6.45, 7) is 4.19. The van der Waals surface area contributed by atoms with Crippen molar-refractivity contribution in [2.75, 3.05) is 13.1 Å². The van der Waals surface area contributed by atoms with Crippen LogP contribution in [0.4, 0.5) is 0 Å². The summed E-state index contributed by atoms with van der Waals surface area (Å²) in [5.41, 5.74) is 0.306. The lowest BCUT2D eigenvalue weighted by Crippen LogP contribution is -2.38. The summed E-state index contributed by atoms with van der Waals surface area (Å²) in [5.74, 6) is 3.07. The molecular weight excluding hydrogens is 212 g/mol. The van der Waals surface area contributed by atoms with Gasteiger partial charge in [-0.2, -0.15) is 0 Å². The summed E-state index contributed by atoms with van der Waals surface area (Å²) in [7, 11) is 0. The molecule has 1 saturated heterocycles. The van der Waals surface area contributed by atoms with Gasteiger partial charge in [-0.15, -0.1) is 6.42 Å². The highest BCUT2D eigenvalue weighted by Gasteiger charge is 2.57. The lowest BCUT2D eigenvalue weighted by Gasteiger charge is -2.23. The molecule has 0 radical (unpaired) electrons. The molecule has 0 aromatic carbocycles. The molecular formula is C14H22N2O. The smallest absolute Gasteiger partial charge is 0.224 e. The molecule has 2 rings (SSSR count). The maximum Gasteiger partial charge on any atom is 0.224 e. The van der Waals surface area contributed by atoms with Gasteiger partial charge in [0.15, 0.2) is 0 Å². The van der Waals surface area contributed by atoms with Gasteiger partial charge in [0.1, 0.15) is 0 Å². The number of hydrogen-bond acceptors (Lipinski definition) is 2. The predicted molar refractivity (Wildman–Crippen MR) is 68.3 cm³/mol. The Morgan fingerprint density at radius 3 is 2.88 bits per heavy atom. The largest absolute Gasteiger partial charge is 0.342 e. The highest BCUT2D eigenvalue weighted by atomic mass is 16.2. The molecule has 3 nitrogen and oxygen atoms in total. The van der Waals surface area contributed by atoms with Gasteiger partial charge in [0.25, 0.3) is 0 Å². The van der Waals surface area contributed by atoms with Crippen LogP contribution in [0.2, 0.25) is 0 Å². The molecule has 0 aromatic rings. The van der Waals surface area contributed by atoms with E-state index in [1.807, 2.05) is 0 Å². The van der Waals surface area contributed by atoms with Crippen LogP contribution in [-0.2, 0) is 4.79 Å². The second kappa shape index (κ2) is 5.10. The van der Waals surface area contributed by atoms with Crippen molar-refractivity contribution < 1.29 is 4.79 Å². The maximum absolute atomic E-state index is 12.1. The van der Waals surface area contributed by atoms with Gasteiger partial charge >= 0.3 is 0 Å². The molecule has 0 aromatic heterocycles. The fraction of sp³-hybridized carbons (Fsp3) is 0.786. The maximum atomic E-state index is 12.1. The van der Waals surface area contributed by atoms with Crippen LogP contribution in [0, 0.1) is 23.7 Å². The van der Waals surface area contributed by atoms with Crippen LogP contribution >= 0.6 is 0 Å². The van der Waals surface area contributed by atoms with E-state index in [0.717, 1.165) is 45.2 Å². The van der Waals surface area contributed by atoms with Crippen LogP contribution in [0.5, 0.6) is 0 Å². The Hall–Kier alpha value is -1.01. The first-order chi connectivity index (χ1) is 8.22. The number of amides is 1. The van der Waals surface area contributed by atoms with Gasteiger partial charge < -0.3 is 10.6 Å². The normalized spacial score (nSPS) is 27.2. The van der Waals surface area contributed by atoms with E-state index in [1.165, 1.54) is 0 Å². The fourth-order valence-electron chi connectivity index (χ4n) is 2.95. The standard InChI is InChI=1S/C14H22N2O/c1-3-5-11(4-2)16-13(17)12-10-14(12)6-8-15-9-7-14/h2,11-12,15H,3,5-10H2,1H3,(H,16,17). The van der Waals surface area contributed by atoms with Crippen molar-refractivity contribution in [2.45, 2.75) is 45.1 Å². The monoisotopic (exact) mass is 234 g/mol. The van der Waals surface area contributed by atoms with Crippen LogP contribution in [0.15, 0.2) is 0 Å². The second-order valence-electron chi connectivity index (χ2n) is 5.39. The van der Waals surface area contributed by atoms with Crippen molar-refractivity contribution in [3.8, 4) is 12.3 Å². The molecule has 1 aliphatic carbocycles. The first-order valence-corrected chi connectivity index (χ1v) is 6.69. The molecule has 1 aliphatic heterocycles. The number of terminal acetylenes is 1. The molecule has 17 heavy (non-hydrogen) atoms. The van der Waals surface area contributed by atoms with Crippen LogP contribution in [0.1, 0.15) is 39.0 Å². The van der Waals surface area contributed by atoms with Crippen molar-refractivity contribution in [1.29, 1.82) is 0 Å². The van der Waals surface area contributed by atoms with Gasteiger partial charge in [-0.1, -0.05) is 19.3 Å². The summed E-state index contributed by atoms with van der Waals surface area (Å²) in [6, 6.07) is -0.0770. The SMILES string of the molecule is C#CC(CCC)NC(=O)C1CC12CCNCC2. The number of rotatable bonds is 4. The quantitative estimate of drug-likeness (QED) is 0.720. The van der Waals surface area contributed by atoms with E-state index in [4.69, 9.17) is 6.42 Å². The Morgan fingerprint density at radius 2 is 2.29 bits per heavy atom. The van der Waals surface area contributed by atoms with Gasteiger partial charge in [0.2, 0.25) is 5.91 Å². The molecule has 2 atom stereocenters. The number of carbonyl (C=O) groups excluding carboxylic acids is 1. The predicted octanol–water partition coefficient (Wildman–Crippen LogP) is 1.29. The molecule has 0 bridgehead atoms. The summed E-state index contributed by atoms with van der Waals surface area (Å²) in [6.07, 6.45) is 10.6. The van der Waals surface area contributed by atoms with Crippen molar-refractivity contribution >= 4 is 5.91 Å². The van der Waals surface area contributed by atoms with E-state index in [-0.39, 0.29) is 17.9 Å². The number of carbonyl (C=O) groups is 1. The molecule has 2 aliphatic rings. The molecule has 3 heteroatoms. The number of nitrogens with one attached hydrogen (secondary N) is 2. The minimum Gasteiger partial charge on any atom is -0.342 e. The first-order valence-electron chi connectivity index (χ1n) is 6.69. The Kier molecular flexibility index (Phi) is 3.73. The zero-order valence-electron chi connectivity index (χ0n) is 10.6. The minimum atomic E-state index is -0.0770. The third-order valence-corrected chi connectivity index (χ3v) is 4.20. The van der Waals surface area contributed by atoms with E-state index >= 15 is 0 Å². The summed E-state index contributed by atoms with van der Waals surface area (Å²) in [4.78, 5) is 12.1. The van der Waals surface area contributed by atoms with Crippen LogP contribution in [-0.4, -0.2) is 25.0 Å². The number of piperidine rings is 1. The highest BCUT2D eigenvalue weighted by Crippen LogP contribution is 2.58. The van der Waals surface area contributed by atoms with Crippen molar-refractivity contribution in [2.24, 2.45) is 11.3 Å². The van der Waals surface area contributed by atoms with Crippen molar-refractivity contribution in [3.63, 3.8) is 0 Å². The highest BCUT2D eigenvalue weighted by molar-refractivity contribution is 5.83. The molecule has 1 heterocycles. The van der Waals surface area contributed by atoms with Crippen LogP contribution in [0.25, 0.3) is 0 Å². The Morgan fingerprint density at radius 1 is 1.59 bits per heavy atom. The molecule has 2 N–H and O–H groups in total. The van der Waals surface area contributed by atoms with Crippen LogP contribution < -0.4 is 10.6 Å². The van der Waals surface area contributed by atoms with E-state index in [2.05, 4.69) is 23.5 Å². The van der Waals surface area contributed by atoms with Gasteiger partial charge in [0.05, 0.1) is 6.04 Å². The molecule has 2 fully saturated rings. The van der Waals surface area contributed by atoms with Gasteiger partial charge in [-0.25, -0.2) is 0 Å². The Bertz CT molecular complexity index is 326. The average Bonchev–Trinajstić information content (AvgIpc) is 3.03. The van der Waals surface area contributed by atoms with E-state index < -0.39 is 0 Å². The lowest BCUT2D eigenvalue weighted by molar-refractivity contribution is -0.123. The third kappa shape index (κ3) is 2.63. The summed E-state index contributed by atoms with van der Waals surface area (Å²) in [5, 5.41) is 6.35. The van der Waals surface area contributed by atoms with Crippen LogP contribution in [0.3, 0.4) is 0 Å². The first kappa shape index (κ1) is 12.4. The topological polar surface area (TPSA) is 41.1 Å². The van der Waals surface area contributed by atoms with E-state index in [1.54, 1.807) is 0 Å².